The molecule has 2 aliphatic carbocycles. The molecule has 3 rings (SSSR count). The summed E-state index contributed by atoms with van der Waals surface area (Å²) in [5.74, 6) is 1.34. The molecule has 3 nitrogen and oxygen atoms in total. The van der Waals surface area contributed by atoms with Crippen LogP contribution in [0.3, 0.4) is 0 Å². The van der Waals surface area contributed by atoms with Gasteiger partial charge in [0.05, 0.1) is 5.92 Å². The van der Waals surface area contributed by atoms with Crippen molar-refractivity contribution in [2.45, 2.75) is 44.6 Å². The van der Waals surface area contributed by atoms with E-state index in [1.54, 1.807) is 11.3 Å². The van der Waals surface area contributed by atoms with Gasteiger partial charge in [0.15, 0.2) is 0 Å². The minimum absolute atomic E-state index is 0.00839. The molecule has 1 aromatic rings. The Bertz CT molecular complexity index is 481. The first-order valence-electron chi connectivity index (χ1n) is 7.56. The molecule has 3 N–H and O–H groups in total. The van der Waals surface area contributed by atoms with Gasteiger partial charge in [0.2, 0.25) is 5.91 Å². The minimum Gasteiger partial charge on any atom is -0.355 e. The van der Waals surface area contributed by atoms with Gasteiger partial charge >= 0.3 is 0 Å². The zero-order chi connectivity index (χ0) is 14.3. The van der Waals surface area contributed by atoms with E-state index < -0.39 is 0 Å². The van der Waals surface area contributed by atoms with Crippen LogP contribution in [-0.2, 0) is 10.2 Å². The maximum Gasteiger partial charge on any atom is 0.224 e. The Hall–Kier alpha value is -0.870. The van der Waals surface area contributed by atoms with Crippen molar-refractivity contribution in [3.63, 3.8) is 0 Å². The fraction of sp³-hybridized carbons (Fsp3) is 0.688. The van der Waals surface area contributed by atoms with Gasteiger partial charge in [0.1, 0.15) is 0 Å². The number of carbonyl (C=O) groups excluding carboxylic acids is 1. The van der Waals surface area contributed by atoms with Gasteiger partial charge in [-0.25, -0.2) is 0 Å². The van der Waals surface area contributed by atoms with Crippen LogP contribution in [0.1, 0.15) is 38.0 Å². The van der Waals surface area contributed by atoms with Crippen LogP contribution >= 0.6 is 11.3 Å². The third-order valence-corrected chi connectivity index (χ3v) is 6.41. The number of hydrogen-bond donors (Lipinski definition) is 2. The summed E-state index contributed by atoms with van der Waals surface area (Å²) in [7, 11) is 0. The van der Waals surface area contributed by atoms with E-state index in [1.807, 2.05) is 0 Å². The Morgan fingerprint density at radius 2 is 2.20 bits per heavy atom. The number of rotatable bonds is 4. The zero-order valence-electron chi connectivity index (χ0n) is 12.3. The minimum atomic E-state index is -0.00839. The number of amides is 1. The van der Waals surface area contributed by atoms with Gasteiger partial charge in [-0.05, 0) is 42.5 Å². The van der Waals surface area contributed by atoms with Crippen LogP contribution in [0.5, 0.6) is 0 Å². The summed E-state index contributed by atoms with van der Waals surface area (Å²) in [6, 6.07) is 4.29. The number of fused-ring (bicyclic) bond motifs is 2. The second-order valence-corrected chi connectivity index (χ2v) is 7.96. The van der Waals surface area contributed by atoms with E-state index in [4.69, 9.17) is 5.73 Å². The van der Waals surface area contributed by atoms with Crippen LogP contribution in [0.25, 0.3) is 0 Å². The topological polar surface area (TPSA) is 55.1 Å². The summed E-state index contributed by atoms with van der Waals surface area (Å²) in [6.07, 6.45) is 3.56. The molecule has 2 fully saturated rings. The first-order valence-corrected chi connectivity index (χ1v) is 8.44. The van der Waals surface area contributed by atoms with Crippen LogP contribution in [0.15, 0.2) is 17.5 Å². The third kappa shape index (κ3) is 2.40. The molecule has 4 unspecified atom stereocenters. The fourth-order valence-electron chi connectivity index (χ4n) is 3.90. The largest absolute Gasteiger partial charge is 0.355 e. The smallest absolute Gasteiger partial charge is 0.224 e. The van der Waals surface area contributed by atoms with Crippen molar-refractivity contribution in [3.8, 4) is 0 Å². The molecular weight excluding hydrogens is 268 g/mol. The molecule has 0 aromatic carbocycles. The molecule has 0 spiro atoms. The van der Waals surface area contributed by atoms with Gasteiger partial charge in [-0.3, -0.25) is 4.79 Å². The third-order valence-electron chi connectivity index (χ3n) is 5.18. The molecular formula is C16H24N2OS. The van der Waals surface area contributed by atoms with Crippen LogP contribution in [-0.4, -0.2) is 18.5 Å². The first-order chi connectivity index (χ1) is 9.49. The zero-order valence-corrected chi connectivity index (χ0v) is 13.1. The lowest BCUT2D eigenvalue weighted by atomic mass is 9.84. The number of nitrogens with one attached hydrogen (secondary N) is 1. The molecule has 0 radical (unpaired) electrons. The number of thiophene rings is 1. The SMILES string of the molecule is CC(C)(CNC(=O)C1C2CCC(C2)C1N)c1cccs1. The maximum atomic E-state index is 12.5. The molecule has 2 bridgehead atoms. The maximum absolute atomic E-state index is 12.5. The number of hydrogen-bond acceptors (Lipinski definition) is 3. The molecule has 1 heterocycles. The second kappa shape index (κ2) is 5.15. The summed E-state index contributed by atoms with van der Waals surface area (Å²) in [5, 5.41) is 5.24. The van der Waals surface area contributed by atoms with Crippen LogP contribution < -0.4 is 11.1 Å². The van der Waals surface area contributed by atoms with E-state index in [0.29, 0.717) is 18.4 Å². The van der Waals surface area contributed by atoms with Crippen molar-refractivity contribution < 1.29 is 4.79 Å². The van der Waals surface area contributed by atoms with E-state index in [-0.39, 0.29) is 23.3 Å². The highest BCUT2D eigenvalue weighted by molar-refractivity contribution is 7.10. The normalized spacial score (nSPS) is 32.5. The highest BCUT2D eigenvalue weighted by Crippen LogP contribution is 2.47. The molecule has 20 heavy (non-hydrogen) atoms. The van der Waals surface area contributed by atoms with Crippen molar-refractivity contribution in [1.29, 1.82) is 0 Å². The van der Waals surface area contributed by atoms with E-state index in [1.165, 1.54) is 17.7 Å². The Kier molecular flexibility index (Phi) is 3.63. The number of nitrogens with two attached hydrogens (primary N) is 1. The Morgan fingerprint density at radius 1 is 1.45 bits per heavy atom. The van der Waals surface area contributed by atoms with Crippen molar-refractivity contribution in [1.82, 2.24) is 5.32 Å². The molecule has 1 amide bonds. The summed E-state index contributed by atoms with van der Waals surface area (Å²) in [5.41, 5.74) is 6.23. The van der Waals surface area contributed by atoms with Gasteiger partial charge in [-0.1, -0.05) is 19.9 Å². The quantitative estimate of drug-likeness (QED) is 0.896. The van der Waals surface area contributed by atoms with E-state index >= 15 is 0 Å². The van der Waals surface area contributed by atoms with E-state index in [9.17, 15) is 4.79 Å². The Labute approximate surface area is 124 Å². The lowest BCUT2D eigenvalue weighted by Crippen LogP contribution is -2.47. The van der Waals surface area contributed by atoms with Crippen molar-refractivity contribution in [2.75, 3.05) is 6.54 Å². The monoisotopic (exact) mass is 292 g/mol. The lowest BCUT2D eigenvalue weighted by molar-refractivity contribution is -0.127. The number of carbonyl (C=O) groups is 1. The summed E-state index contributed by atoms with van der Waals surface area (Å²) in [4.78, 5) is 13.8. The molecule has 2 aliphatic rings. The predicted octanol–water partition coefficient (Wildman–Crippen LogP) is 2.52. The van der Waals surface area contributed by atoms with E-state index in [0.717, 1.165) is 6.42 Å². The molecule has 2 saturated carbocycles. The summed E-state index contributed by atoms with van der Waals surface area (Å²) >= 11 is 1.75. The second-order valence-electron chi connectivity index (χ2n) is 7.02. The van der Waals surface area contributed by atoms with Crippen molar-refractivity contribution >= 4 is 17.2 Å². The van der Waals surface area contributed by atoms with Gasteiger partial charge in [-0.2, -0.15) is 0 Å². The van der Waals surface area contributed by atoms with Crippen molar-refractivity contribution in [3.05, 3.63) is 22.4 Å². The molecule has 110 valence electrons. The molecule has 4 heteroatoms. The molecule has 1 aromatic heterocycles. The standard InChI is InChI=1S/C16H24N2OS/c1-16(2,12-4-3-7-20-12)9-18-15(19)13-10-5-6-11(8-10)14(13)17/h3-4,7,10-11,13-14H,5-6,8-9,17H2,1-2H3,(H,18,19). The first kappa shape index (κ1) is 14.1. The average Bonchev–Trinajstić information content (AvgIpc) is 3.12. The highest BCUT2D eigenvalue weighted by atomic mass is 32.1. The predicted molar refractivity (Wildman–Crippen MR) is 82.7 cm³/mol. The van der Waals surface area contributed by atoms with Gasteiger partial charge < -0.3 is 11.1 Å². The lowest BCUT2D eigenvalue weighted by Gasteiger charge is -2.29. The Morgan fingerprint density at radius 3 is 2.80 bits per heavy atom. The van der Waals surface area contributed by atoms with Gasteiger partial charge in [0, 0.05) is 22.9 Å². The molecule has 4 atom stereocenters. The van der Waals surface area contributed by atoms with Gasteiger partial charge in [0.25, 0.3) is 0 Å². The van der Waals surface area contributed by atoms with Crippen molar-refractivity contribution in [2.24, 2.45) is 23.5 Å². The highest BCUT2D eigenvalue weighted by Gasteiger charge is 2.49. The van der Waals surface area contributed by atoms with Gasteiger partial charge in [-0.15, -0.1) is 11.3 Å². The van der Waals surface area contributed by atoms with Crippen LogP contribution in [0.2, 0.25) is 0 Å². The fourth-order valence-corrected chi connectivity index (χ4v) is 4.75. The molecule has 0 aliphatic heterocycles. The Balaban J connectivity index is 1.60. The summed E-state index contributed by atoms with van der Waals surface area (Å²) < 4.78 is 0. The average molecular weight is 292 g/mol. The molecule has 0 saturated heterocycles. The van der Waals surface area contributed by atoms with Crippen LogP contribution in [0.4, 0.5) is 0 Å². The summed E-state index contributed by atoms with van der Waals surface area (Å²) in [6.45, 7) is 5.05. The van der Waals surface area contributed by atoms with E-state index in [2.05, 4.69) is 36.7 Å². The van der Waals surface area contributed by atoms with Crippen LogP contribution in [0, 0.1) is 17.8 Å².